The number of aryl methyl sites for hydroxylation is 3. The molecule has 0 atom stereocenters. The molecular weight excluding hydrogens is 332 g/mol. The maximum atomic E-state index is 10.8. The summed E-state index contributed by atoms with van der Waals surface area (Å²) in [7, 11) is 2.12. The molecule has 0 aliphatic heterocycles. The van der Waals surface area contributed by atoms with Crippen LogP contribution in [0.3, 0.4) is 0 Å². The predicted octanol–water partition coefficient (Wildman–Crippen LogP) is 5.14. The van der Waals surface area contributed by atoms with Gasteiger partial charge < -0.3 is 9.51 Å². The lowest BCUT2D eigenvalue weighted by atomic mass is 9.97. The van der Waals surface area contributed by atoms with Crippen molar-refractivity contribution in [3.63, 3.8) is 0 Å². The molecule has 3 nitrogen and oxygen atoms in total. The van der Waals surface area contributed by atoms with Crippen LogP contribution < -0.4 is 4.57 Å². The average Bonchev–Trinajstić information content (AvgIpc) is 2.99. The summed E-state index contributed by atoms with van der Waals surface area (Å²) in [6.45, 7) is 4.39. The van der Waals surface area contributed by atoms with Crippen LogP contribution in [0.1, 0.15) is 11.1 Å². The minimum Gasteiger partial charge on any atom is -0.506 e. The zero-order valence-corrected chi connectivity index (χ0v) is 15.5. The van der Waals surface area contributed by atoms with Crippen molar-refractivity contribution in [3.8, 4) is 5.75 Å². The summed E-state index contributed by atoms with van der Waals surface area (Å²) in [4.78, 5) is 0. The minimum atomic E-state index is 0.325. The molecule has 6 aromatic rings. The molecule has 6 rings (SSSR count). The Balaban J connectivity index is 2.19. The van der Waals surface area contributed by atoms with Gasteiger partial charge in [-0.2, -0.15) is 0 Å². The van der Waals surface area contributed by atoms with Crippen molar-refractivity contribution >= 4 is 49.0 Å². The van der Waals surface area contributed by atoms with Crippen molar-refractivity contribution in [2.75, 3.05) is 0 Å². The SMILES string of the molecule is Cc1cc2c3cccc(O)c3n3c4cccc5cc[n+](C)c(c(c1C)c23)c54. The van der Waals surface area contributed by atoms with Gasteiger partial charge in [0.25, 0.3) is 0 Å². The number of phenols is 1. The highest BCUT2D eigenvalue weighted by molar-refractivity contribution is 6.26. The van der Waals surface area contributed by atoms with Gasteiger partial charge in [-0.05, 0) is 48.6 Å². The molecule has 0 aliphatic rings. The molecule has 1 N–H and O–H groups in total. The number of pyridine rings is 2. The second kappa shape index (κ2) is 4.68. The molecule has 27 heavy (non-hydrogen) atoms. The molecule has 0 aliphatic carbocycles. The van der Waals surface area contributed by atoms with E-state index >= 15 is 0 Å². The fourth-order valence-corrected chi connectivity index (χ4v) is 4.85. The van der Waals surface area contributed by atoms with Gasteiger partial charge in [-0.15, -0.1) is 0 Å². The molecule has 0 amide bonds. The number of hydrogen-bond donors (Lipinski definition) is 1. The largest absolute Gasteiger partial charge is 0.506 e. The van der Waals surface area contributed by atoms with Crippen molar-refractivity contribution < 1.29 is 9.67 Å². The summed E-state index contributed by atoms with van der Waals surface area (Å²) in [5, 5.41) is 16.8. The first-order valence-corrected chi connectivity index (χ1v) is 9.26. The molecule has 0 radical (unpaired) electrons. The van der Waals surface area contributed by atoms with Crippen LogP contribution in [-0.2, 0) is 7.05 Å². The number of rotatable bonds is 0. The Hall–Kier alpha value is -3.33. The van der Waals surface area contributed by atoms with Crippen LogP contribution in [0.4, 0.5) is 0 Å². The first-order chi connectivity index (χ1) is 13.1. The summed E-state index contributed by atoms with van der Waals surface area (Å²) in [6.07, 6.45) is 2.14. The Labute approximate surface area is 156 Å². The van der Waals surface area contributed by atoms with Gasteiger partial charge in [-0.1, -0.05) is 24.3 Å². The number of nitrogens with zero attached hydrogens (tertiary/aromatic N) is 2. The van der Waals surface area contributed by atoms with Crippen molar-refractivity contribution in [2.24, 2.45) is 7.05 Å². The molecular formula is C24H19N2O+. The van der Waals surface area contributed by atoms with Gasteiger partial charge in [0, 0.05) is 16.8 Å². The lowest BCUT2D eigenvalue weighted by Crippen LogP contribution is -2.29. The van der Waals surface area contributed by atoms with Crippen LogP contribution in [0.2, 0.25) is 0 Å². The smallest absolute Gasteiger partial charge is 0.224 e. The van der Waals surface area contributed by atoms with E-state index in [0.29, 0.717) is 5.75 Å². The molecule has 3 heterocycles. The summed E-state index contributed by atoms with van der Waals surface area (Å²) >= 11 is 0. The molecule has 130 valence electrons. The summed E-state index contributed by atoms with van der Waals surface area (Å²) in [6, 6.07) is 16.7. The number of fused-ring (bicyclic) bond motifs is 5. The number of para-hydroxylation sites is 1. The Morgan fingerprint density at radius 1 is 0.889 bits per heavy atom. The summed E-state index contributed by atoms with van der Waals surface area (Å²) in [5.74, 6) is 0.325. The average molecular weight is 351 g/mol. The molecule has 3 aromatic carbocycles. The third-order valence-corrected chi connectivity index (χ3v) is 6.19. The van der Waals surface area contributed by atoms with Gasteiger partial charge in [0.15, 0.2) is 6.20 Å². The van der Waals surface area contributed by atoms with E-state index in [4.69, 9.17) is 0 Å². The van der Waals surface area contributed by atoms with Crippen LogP contribution in [0.5, 0.6) is 5.75 Å². The Kier molecular flexibility index (Phi) is 2.57. The van der Waals surface area contributed by atoms with E-state index in [2.05, 4.69) is 72.5 Å². The topological polar surface area (TPSA) is 28.5 Å². The monoisotopic (exact) mass is 351 g/mol. The normalized spacial score (nSPS) is 12.4. The molecule has 3 aromatic heterocycles. The first kappa shape index (κ1) is 14.8. The Morgan fingerprint density at radius 2 is 1.70 bits per heavy atom. The van der Waals surface area contributed by atoms with Crippen molar-refractivity contribution in [3.05, 3.63) is 65.9 Å². The third-order valence-electron chi connectivity index (χ3n) is 6.19. The van der Waals surface area contributed by atoms with Gasteiger partial charge in [-0.3, -0.25) is 0 Å². The fourth-order valence-electron chi connectivity index (χ4n) is 4.85. The molecule has 3 heteroatoms. The van der Waals surface area contributed by atoms with Crippen LogP contribution in [-0.4, -0.2) is 9.51 Å². The van der Waals surface area contributed by atoms with E-state index in [-0.39, 0.29) is 0 Å². The van der Waals surface area contributed by atoms with Gasteiger partial charge in [0.2, 0.25) is 5.52 Å². The van der Waals surface area contributed by atoms with Crippen molar-refractivity contribution in [1.29, 1.82) is 0 Å². The Bertz CT molecular complexity index is 1560. The fraction of sp³-hybridized carbons (Fsp3) is 0.125. The maximum absolute atomic E-state index is 10.8. The number of hydrogen-bond acceptors (Lipinski definition) is 1. The highest BCUT2D eigenvalue weighted by Gasteiger charge is 2.25. The minimum absolute atomic E-state index is 0.325. The van der Waals surface area contributed by atoms with E-state index in [1.807, 2.05) is 6.07 Å². The zero-order chi connectivity index (χ0) is 18.4. The first-order valence-electron chi connectivity index (χ1n) is 9.26. The summed E-state index contributed by atoms with van der Waals surface area (Å²) in [5.41, 5.74) is 7.04. The number of aromatic hydroxyl groups is 1. The van der Waals surface area contributed by atoms with Crippen LogP contribution in [0, 0.1) is 13.8 Å². The van der Waals surface area contributed by atoms with E-state index in [9.17, 15) is 5.11 Å². The Morgan fingerprint density at radius 3 is 2.56 bits per heavy atom. The van der Waals surface area contributed by atoms with Crippen molar-refractivity contribution in [1.82, 2.24) is 4.40 Å². The highest BCUT2D eigenvalue weighted by Crippen LogP contribution is 2.43. The molecule has 0 saturated carbocycles. The lowest BCUT2D eigenvalue weighted by molar-refractivity contribution is -0.643. The quantitative estimate of drug-likeness (QED) is 0.229. The number of aromatic nitrogens is 2. The third kappa shape index (κ3) is 1.61. The van der Waals surface area contributed by atoms with Crippen LogP contribution in [0.15, 0.2) is 54.7 Å². The maximum Gasteiger partial charge on any atom is 0.224 e. The van der Waals surface area contributed by atoms with E-state index in [0.717, 1.165) is 16.4 Å². The second-order valence-corrected chi connectivity index (χ2v) is 7.61. The van der Waals surface area contributed by atoms with E-state index in [1.54, 1.807) is 6.07 Å². The highest BCUT2D eigenvalue weighted by atomic mass is 16.3. The summed E-state index contributed by atoms with van der Waals surface area (Å²) < 4.78 is 4.49. The molecule has 0 spiro atoms. The zero-order valence-electron chi connectivity index (χ0n) is 15.5. The molecule has 0 bridgehead atoms. The van der Waals surface area contributed by atoms with E-state index < -0.39 is 0 Å². The standard InChI is InChI=1S/C24H18N2O/c1-13-12-17-16-7-5-9-19(27)22(16)26-18-8-4-6-15-10-11-25(3)24(21(15)18)20(14(13)2)23(17)26/h4-12H,1-3H3/p+1. The predicted molar refractivity (Wildman–Crippen MR) is 111 cm³/mol. The van der Waals surface area contributed by atoms with Gasteiger partial charge in [0.1, 0.15) is 12.8 Å². The van der Waals surface area contributed by atoms with Crippen molar-refractivity contribution in [2.45, 2.75) is 13.8 Å². The van der Waals surface area contributed by atoms with Gasteiger partial charge in [-0.25, -0.2) is 4.57 Å². The number of benzene rings is 3. The van der Waals surface area contributed by atoms with Crippen LogP contribution in [0.25, 0.3) is 49.0 Å². The lowest BCUT2D eigenvalue weighted by Gasteiger charge is -2.14. The van der Waals surface area contributed by atoms with E-state index in [1.165, 1.54) is 43.7 Å². The molecule has 0 unspecified atom stereocenters. The van der Waals surface area contributed by atoms with Crippen LogP contribution >= 0.6 is 0 Å². The molecule has 0 saturated heterocycles. The van der Waals surface area contributed by atoms with Gasteiger partial charge >= 0.3 is 0 Å². The molecule has 0 fully saturated rings. The second-order valence-electron chi connectivity index (χ2n) is 7.61. The number of phenolic OH excluding ortho intramolecular Hbond substituents is 1. The van der Waals surface area contributed by atoms with Gasteiger partial charge in [0.05, 0.1) is 27.3 Å².